The van der Waals surface area contributed by atoms with Gasteiger partial charge in [0.05, 0.1) is 0 Å². The van der Waals surface area contributed by atoms with E-state index in [0.717, 1.165) is 32.5 Å². The van der Waals surface area contributed by atoms with Crippen LogP contribution in [0.1, 0.15) is 46.5 Å². The van der Waals surface area contributed by atoms with E-state index in [1.165, 1.54) is 12.8 Å². The lowest BCUT2D eigenvalue weighted by atomic mass is 9.95. The summed E-state index contributed by atoms with van der Waals surface area (Å²) in [5.41, 5.74) is -0.403. The number of rotatable bonds is 2. The van der Waals surface area contributed by atoms with Gasteiger partial charge in [0.1, 0.15) is 11.6 Å². The van der Waals surface area contributed by atoms with Crippen LogP contribution in [0.3, 0.4) is 0 Å². The number of hydrogen-bond acceptors (Lipinski definition) is 5. The van der Waals surface area contributed by atoms with Crippen LogP contribution in [0.2, 0.25) is 0 Å². The number of nitrogens with one attached hydrogen (secondary N) is 2. The van der Waals surface area contributed by atoms with Crippen molar-refractivity contribution >= 4 is 5.97 Å². The van der Waals surface area contributed by atoms with Gasteiger partial charge in [0.25, 0.3) is 0 Å². The maximum atomic E-state index is 12.3. The van der Waals surface area contributed by atoms with Gasteiger partial charge in [-0.15, -0.1) is 0 Å². The molecule has 21 heavy (non-hydrogen) atoms. The van der Waals surface area contributed by atoms with Crippen LogP contribution in [0.4, 0.5) is 0 Å². The number of carbonyl (C=O) groups is 1. The smallest absolute Gasteiger partial charge is 0.323 e. The van der Waals surface area contributed by atoms with Crippen molar-refractivity contribution in [3.05, 3.63) is 0 Å². The Bertz CT molecular complexity index is 377. The molecule has 0 aromatic rings. The van der Waals surface area contributed by atoms with Crippen LogP contribution < -0.4 is 10.6 Å². The molecule has 120 valence electrons. The summed E-state index contributed by atoms with van der Waals surface area (Å²) in [6, 6.07) is 1.73. The van der Waals surface area contributed by atoms with Gasteiger partial charge in [0.2, 0.25) is 0 Å². The van der Waals surface area contributed by atoms with Crippen molar-refractivity contribution in [1.82, 2.24) is 15.5 Å². The van der Waals surface area contributed by atoms with Crippen molar-refractivity contribution in [3.8, 4) is 0 Å². The first kappa shape index (κ1) is 15.3. The Labute approximate surface area is 127 Å². The molecular weight excluding hydrogens is 266 g/mol. The van der Waals surface area contributed by atoms with Gasteiger partial charge in [-0.3, -0.25) is 9.69 Å². The second-order valence-corrected chi connectivity index (χ2v) is 7.71. The Kier molecular flexibility index (Phi) is 4.26. The first-order valence-corrected chi connectivity index (χ1v) is 8.38. The van der Waals surface area contributed by atoms with E-state index in [4.69, 9.17) is 4.74 Å². The molecule has 3 aliphatic rings. The second-order valence-electron chi connectivity index (χ2n) is 7.71. The first-order valence-electron chi connectivity index (χ1n) is 8.38. The highest BCUT2D eigenvalue weighted by Crippen LogP contribution is 2.32. The molecule has 3 aliphatic heterocycles. The predicted octanol–water partition coefficient (Wildman–Crippen LogP) is 0.885. The minimum absolute atomic E-state index is 0.0883. The Morgan fingerprint density at radius 1 is 1.10 bits per heavy atom. The quantitative estimate of drug-likeness (QED) is 0.741. The van der Waals surface area contributed by atoms with Gasteiger partial charge >= 0.3 is 5.97 Å². The fourth-order valence-corrected chi connectivity index (χ4v) is 4.13. The molecule has 3 heterocycles. The van der Waals surface area contributed by atoms with E-state index in [9.17, 15) is 4.79 Å². The number of hydrogen-bond donors (Lipinski definition) is 2. The van der Waals surface area contributed by atoms with E-state index >= 15 is 0 Å². The normalized spacial score (nSPS) is 37.5. The van der Waals surface area contributed by atoms with Gasteiger partial charge in [-0.1, -0.05) is 0 Å². The van der Waals surface area contributed by atoms with E-state index < -0.39 is 5.60 Å². The van der Waals surface area contributed by atoms with Gasteiger partial charge in [0, 0.05) is 31.2 Å². The molecule has 3 fully saturated rings. The fraction of sp³-hybridized carbons (Fsp3) is 0.938. The third kappa shape index (κ3) is 3.41. The second kappa shape index (κ2) is 5.86. The zero-order chi connectivity index (χ0) is 15.0. The van der Waals surface area contributed by atoms with Crippen LogP contribution >= 0.6 is 0 Å². The molecule has 0 aromatic heterocycles. The average Bonchev–Trinajstić information content (AvgIpc) is 2.67. The summed E-state index contributed by atoms with van der Waals surface area (Å²) in [5, 5.41) is 6.88. The zero-order valence-corrected chi connectivity index (χ0v) is 13.5. The van der Waals surface area contributed by atoms with Crippen LogP contribution in [0.25, 0.3) is 0 Å². The average molecular weight is 295 g/mol. The number of ether oxygens (including phenoxy) is 1. The topological polar surface area (TPSA) is 53.6 Å². The zero-order valence-electron chi connectivity index (χ0n) is 13.5. The third-order valence-electron chi connectivity index (χ3n) is 4.93. The number of piperidine rings is 1. The third-order valence-corrected chi connectivity index (χ3v) is 4.93. The predicted molar refractivity (Wildman–Crippen MR) is 82.2 cm³/mol. The maximum Gasteiger partial charge on any atom is 0.323 e. The molecule has 5 heteroatoms. The van der Waals surface area contributed by atoms with Gasteiger partial charge in [-0.25, -0.2) is 0 Å². The highest BCUT2D eigenvalue weighted by molar-refractivity contribution is 5.76. The monoisotopic (exact) mass is 295 g/mol. The number of carbonyl (C=O) groups excluding carboxylic acids is 1. The van der Waals surface area contributed by atoms with Gasteiger partial charge in [0.15, 0.2) is 0 Å². The van der Waals surface area contributed by atoms with Crippen LogP contribution in [-0.2, 0) is 9.53 Å². The first-order chi connectivity index (χ1) is 9.94. The van der Waals surface area contributed by atoms with Crippen molar-refractivity contribution < 1.29 is 9.53 Å². The fourth-order valence-electron chi connectivity index (χ4n) is 4.13. The van der Waals surface area contributed by atoms with E-state index in [-0.39, 0.29) is 12.0 Å². The SMILES string of the molecule is CC(C)(C)OC(=O)[C@H]1C[C@H](N2[C@H]3CC[C@H]2CNC3)CCN1. The molecular formula is C16H29N3O2. The van der Waals surface area contributed by atoms with Gasteiger partial charge < -0.3 is 15.4 Å². The summed E-state index contributed by atoms with van der Waals surface area (Å²) in [6.07, 6.45) is 4.64. The molecule has 2 N–H and O–H groups in total. The number of nitrogens with zero attached hydrogens (tertiary/aromatic N) is 1. The molecule has 5 nitrogen and oxygen atoms in total. The van der Waals surface area contributed by atoms with Crippen LogP contribution in [0.15, 0.2) is 0 Å². The Morgan fingerprint density at radius 3 is 2.38 bits per heavy atom. The van der Waals surface area contributed by atoms with Crippen LogP contribution in [0, 0.1) is 0 Å². The molecule has 0 spiro atoms. The van der Waals surface area contributed by atoms with E-state index in [1.807, 2.05) is 20.8 Å². The summed E-state index contributed by atoms with van der Waals surface area (Å²) in [4.78, 5) is 15.0. The van der Waals surface area contributed by atoms with Crippen LogP contribution in [-0.4, -0.2) is 60.3 Å². The summed E-state index contributed by atoms with van der Waals surface area (Å²) in [6.45, 7) is 8.93. The molecule has 3 rings (SSSR count). The lowest BCUT2D eigenvalue weighted by Gasteiger charge is -2.44. The summed E-state index contributed by atoms with van der Waals surface area (Å²) < 4.78 is 5.55. The molecule has 3 saturated heterocycles. The number of esters is 1. The Balaban J connectivity index is 1.62. The van der Waals surface area contributed by atoms with Crippen molar-refractivity contribution in [2.45, 2.75) is 76.2 Å². The standard InChI is InChI=1S/C16H29N3O2/c1-16(2,3)21-15(20)14-8-11(6-7-18-14)19-12-4-5-13(19)10-17-9-12/h11-14,17-18H,4-10H2,1-3H3/t11-,12+,13+,14-/m1/s1. The molecule has 0 saturated carbocycles. The van der Waals surface area contributed by atoms with Crippen molar-refractivity contribution in [2.75, 3.05) is 19.6 Å². The Hall–Kier alpha value is -0.650. The summed E-state index contributed by atoms with van der Waals surface area (Å²) >= 11 is 0. The summed E-state index contributed by atoms with van der Waals surface area (Å²) in [5.74, 6) is -0.0883. The molecule has 2 bridgehead atoms. The largest absolute Gasteiger partial charge is 0.459 e. The van der Waals surface area contributed by atoms with Crippen molar-refractivity contribution in [1.29, 1.82) is 0 Å². The van der Waals surface area contributed by atoms with E-state index in [2.05, 4.69) is 15.5 Å². The van der Waals surface area contributed by atoms with Gasteiger partial charge in [-0.05, 0) is 53.0 Å². The maximum absolute atomic E-state index is 12.3. The molecule has 0 unspecified atom stereocenters. The highest BCUT2D eigenvalue weighted by atomic mass is 16.6. The molecule has 0 amide bonds. The lowest BCUT2D eigenvalue weighted by molar-refractivity contribution is -0.158. The lowest BCUT2D eigenvalue weighted by Crippen LogP contribution is -2.60. The van der Waals surface area contributed by atoms with E-state index in [0.29, 0.717) is 18.1 Å². The molecule has 4 atom stereocenters. The molecule has 0 aliphatic carbocycles. The number of fused-ring (bicyclic) bond motifs is 2. The molecule has 0 radical (unpaired) electrons. The van der Waals surface area contributed by atoms with Gasteiger partial charge in [-0.2, -0.15) is 0 Å². The van der Waals surface area contributed by atoms with E-state index in [1.54, 1.807) is 0 Å². The van der Waals surface area contributed by atoms with Crippen molar-refractivity contribution in [3.63, 3.8) is 0 Å². The van der Waals surface area contributed by atoms with Crippen LogP contribution in [0.5, 0.6) is 0 Å². The summed E-state index contributed by atoms with van der Waals surface area (Å²) in [7, 11) is 0. The number of piperazine rings is 1. The highest BCUT2D eigenvalue weighted by Gasteiger charge is 2.43. The molecule has 0 aromatic carbocycles. The minimum atomic E-state index is -0.403. The Morgan fingerprint density at radius 2 is 1.76 bits per heavy atom. The van der Waals surface area contributed by atoms with Crippen molar-refractivity contribution in [2.24, 2.45) is 0 Å². The minimum Gasteiger partial charge on any atom is -0.459 e.